The molecule has 3 heterocycles. The summed E-state index contributed by atoms with van der Waals surface area (Å²) < 4.78 is 66.0. The van der Waals surface area contributed by atoms with Crippen molar-refractivity contribution in [1.29, 1.82) is 0 Å². The largest absolute Gasteiger partial charge is 0.810 e. The Balaban J connectivity index is 1.79. The second-order valence-electron chi connectivity index (χ2n) is 8.86. The molecule has 3 aromatic rings. The molecule has 1 aliphatic rings. The van der Waals surface area contributed by atoms with Gasteiger partial charge in [0.1, 0.15) is 23.4 Å². The third-order valence-corrected chi connectivity index (χ3v) is 6.94. The molecule has 0 radical (unpaired) electrons. The molecule has 0 saturated carbocycles. The number of ether oxygens (including phenoxy) is 2. The van der Waals surface area contributed by atoms with E-state index in [1.807, 2.05) is 11.8 Å². The van der Waals surface area contributed by atoms with Gasteiger partial charge >= 0.3 is 6.18 Å². The van der Waals surface area contributed by atoms with Gasteiger partial charge in [-0.25, -0.2) is 9.37 Å². The number of alkyl halides is 3. The van der Waals surface area contributed by atoms with Gasteiger partial charge in [0.25, 0.3) is 0 Å². The molecule has 0 amide bonds. The van der Waals surface area contributed by atoms with E-state index in [4.69, 9.17) is 9.47 Å². The van der Waals surface area contributed by atoms with E-state index in [1.54, 1.807) is 25.2 Å². The Kier molecular flexibility index (Phi) is 8.13. The molecule has 1 aliphatic heterocycles. The number of benzene rings is 1. The number of hydrogen-bond acceptors (Lipinski definition) is 9. The standard InChI is InChI=1S/C24H26F4N7O2S/c1-13-10-35(11-18(37-13)14(8-29)9-30-12-36-4)22-31-19(20-21(32-22)33-23(38-20)34(2)3)16-6-5-15(7-17(16)25)24(26,27)28/h5-9,13,18,30H,10-12H2,1-4H3/q-1/b14-9+/t13-,18+/m0/s1. The van der Waals surface area contributed by atoms with Crippen molar-refractivity contribution in [2.45, 2.75) is 25.3 Å². The zero-order valence-electron chi connectivity index (χ0n) is 21.1. The number of nitrogens with one attached hydrogen (secondary N) is 1. The van der Waals surface area contributed by atoms with Gasteiger partial charge in [-0.15, -0.1) is 0 Å². The first-order chi connectivity index (χ1) is 18.0. The van der Waals surface area contributed by atoms with Crippen molar-refractivity contribution in [3.8, 4) is 11.3 Å². The van der Waals surface area contributed by atoms with Crippen molar-refractivity contribution >= 4 is 39.0 Å². The number of halogens is 4. The lowest BCUT2D eigenvalue weighted by Gasteiger charge is -2.38. The Morgan fingerprint density at radius 3 is 2.68 bits per heavy atom. The Morgan fingerprint density at radius 1 is 1.29 bits per heavy atom. The Bertz CT molecular complexity index is 1350. The van der Waals surface area contributed by atoms with E-state index < -0.39 is 23.7 Å². The average molecular weight is 553 g/mol. The van der Waals surface area contributed by atoms with E-state index in [0.717, 1.165) is 18.3 Å². The highest BCUT2D eigenvalue weighted by atomic mass is 32.1. The zero-order chi connectivity index (χ0) is 27.6. The monoisotopic (exact) mass is 552 g/mol. The molecule has 0 spiro atoms. The number of fused-ring (bicyclic) bond motifs is 1. The van der Waals surface area contributed by atoms with Gasteiger partial charge in [0.05, 0.1) is 23.9 Å². The number of methoxy groups -OCH3 is 1. The van der Waals surface area contributed by atoms with E-state index >= 15 is 4.39 Å². The predicted octanol–water partition coefficient (Wildman–Crippen LogP) is 4.29. The number of thiazole rings is 1. The second kappa shape index (κ2) is 11.2. The Morgan fingerprint density at radius 2 is 2.05 bits per heavy atom. The summed E-state index contributed by atoms with van der Waals surface area (Å²) in [6.45, 7) is 2.70. The summed E-state index contributed by atoms with van der Waals surface area (Å²) in [5.41, 5.74) is -0.290. The first-order valence-corrected chi connectivity index (χ1v) is 12.4. The summed E-state index contributed by atoms with van der Waals surface area (Å²) in [6.07, 6.45) is -3.04. The van der Waals surface area contributed by atoms with Crippen LogP contribution in [0.25, 0.3) is 27.0 Å². The number of nitrogens with zero attached hydrogens (tertiary/aromatic N) is 6. The molecule has 38 heavy (non-hydrogen) atoms. The Labute approximate surface area is 220 Å². The lowest BCUT2D eigenvalue weighted by Crippen LogP contribution is -2.48. The van der Waals surface area contributed by atoms with Gasteiger partial charge in [0, 0.05) is 39.5 Å². The van der Waals surface area contributed by atoms with E-state index in [2.05, 4.69) is 20.3 Å². The minimum atomic E-state index is -4.68. The number of anilines is 2. The summed E-state index contributed by atoms with van der Waals surface area (Å²) in [7, 11) is 5.10. The van der Waals surface area contributed by atoms with Gasteiger partial charge < -0.3 is 30.0 Å². The molecule has 1 fully saturated rings. The Hall–Kier alpha value is -3.36. The molecule has 14 heteroatoms. The molecular formula is C24H26F4N7O2S-. The van der Waals surface area contributed by atoms with Gasteiger partial charge in [-0.2, -0.15) is 29.4 Å². The van der Waals surface area contributed by atoms with Gasteiger partial charge in [0.2, 0.25) is 5.95 Å². The summed E-state index contributed by atoms with van der Waals surface area (Å²) >= 11 is 1.21. The van der Waals surface area contributed by atoms with Crippen LogP contribution in [-0.2, 0) is 15.7 Å². The number of aromatic nitrogens is 3. The number of morpholine rings is 1. The minimum absolute atomic E-state index is 0.0912. The predicted molar refractivity (Wildman–Crippen MR) is 139 cm³/mol. The van der Waals surface area contributed by atoms with Crippen LogP contribution in [0.2, 0.25) is 0 Å². The average Bonchev–Trinajstić information content (AvgIpc) is 3.30. The molecular weight excluding hydrogens is 526 g/mol. The highest BCUT2D eigenvalue weighted by Gasteiger charge is 2.33. The first kappa shape index (κ1) is 27.7. The van der Waals surface area contributed by atoms with Crippen molar-refractivity contribution in [2.24, 2.45) is 0 Å². The van der Waals surface area contributed by atoms with Crippen molar-refractivity contribution < 1.29 is 27.0 Å². The van der Waals surface area contributed by atoms with Crippen molar-refractivity contribution in [1.82, 2.24) is 20.3 Å². The highest BCUT2D eigenvalue weighted by Crippen LogP contribution is 2.38. The molecule has 0 unspecified atom stereocenters. The van der Waals surface area contributed by atoms with Crippen LogP contribution < -0.4 is 15.1 Å². The molecule has 2 aromatic heterocycles. The van der Waals surface area contributed by atoms with Gasteiger partial charge in [-0.05, 0) is 30.7 Å². The third-order valence-electron chi connectivity index (χ3n) is 5.73. The summed E-state index contributed by atoms with van der Waals surface area (Å²) in [5.74, 6) is -0.840. The summed E-state index contributed by atoms with van der Waals surface area (Å²) in [6, 6.07) is 2.37. The normalized spacial score (nSPS) is 18.6. The van der Waals surface area contributed by atoms with Gasteiger partial charge in [-0.3, -0.25) is 0 Å². The lowest BCUT2D eigenvalue weighted by molar-refractivity contribution is -0.137. The van der Waals surface area contributed by atoms with Crippen LogP contribution in [0.4, 0.5) is 28.6 Å². The van der Waals surface area contributed by atoms with E-state index in [0.29, 0.717) is 33.7 Å². The number of rotatable bonds is 8. The van der Waals surface area contributed by atoms with Crippen LogP contribution in [-0.4, -0.2) is 74.4 Å². The maximum absolute atomic E-state index is 15.1. The number of hydrogen-bond donors (Lipinski definition) is 1. The molecule has 0 aliphatic carbocycles. The fourth-order valence-electron chi connectivity index (χ4n) is 3.96. The molecule has 204 valence electrons. The van der Waals surface area contributed by atoms with Crippen LogP contribution in [0.3, 0.4) is 0 Å². The molecule has 1 N–H and O–H groups in total. The topological polar surface area (TPSA) is 97.9 Å². The molecule has 1 aromatic carbocycles. The maximum Gasteiger partial charge on any atom is 0.416 e. The van der Waals surface area contributed by atoms with Crippen LogP contribution in [0, 0.1) is 5.82 Å². The van der Waals surface area contributed by atoms with Crippen LogP contribution in [0.1, 0.15) is 12.5 Å². The van der Waals surface area contributed by atoms with E-state index in [1.165, 1.54) is 18.4 Å². The van der Waals surface area contributed by atoms with Crippen LogP contribution in [0.15, 0.2) is 30.0 Å². The molecule has 0 bridgehead atoms. The zero-order valence-corrected chi connectivity index (χ0v) is 21.9. The third kappa shape index (κ3) is 5.87. The quantitative estimate of drug-likeness (QED) is 0.191. The lowest BCUT2D eigenvalue weighted by atomic mass is 10.1. The van der Waals surface area contributed by atoms with Crippen LogP contribution in [0.5, 0.6) is 0 Å². The summed E-state index contributed by atoms with van der Waals surface area (Å²) in [4.78, 5) is 17.3. The fraction of sp³-hybridized carbons (Fsp3) is 0.417. The highest BCUT2D eigenvalue weighted by molar-refractivity contribution is 7.22. The van der Waals surface area contributed by atoms with E-state index in [9.17, 15) is 18.6 Å². The molecule has 4 rings (SSSR count). The van der Waals surface area contributed by atoms with Gasteiger partial charge in [-0.1, -0.05) is 11.3 Å². The van der Waals surface area contributed by atoms with Crippen LogP contribution >= 0.6 is 11.3 Å². The molecule has 2 atom stereocenters. The minimum Gasteiger partial charge on any atom is -0.810 e. The van der Waals surface area contributed by atoms with E-state index in [-0.39, 0.29) is 36.6 Å². The SMILES string of the molecule is COCN/C=C(\C=[N-])[C@H]1CN(c2nc(-c3ccc(C(F)(F)F)cc3F)c3sc(N(C)C)nc3n2)C[C@H](C)O1. The van der Waals surface area contributed by atoms with Crippen molar-refractivity contribution in [3.63, 3.8) is 0 Å². The van der Waals surface area contributed by atoms with Crippen molar-refractivity contribution in [2.75, 3.05) is 50.8 Å². The second-order valence-corrected chi connectivity index (χ2v) is 9.84. The smallest absolute Gasteiger partial charge is 0.416 e. The van der Waals surface area contributed by atoms with Gasteiger partial charge in [0.15, 0.2) is 10.8 Å². The molecule has 1 saturated heterocycles. The van der Waals surface area contributed by atoms with Crippen molar-refractivity contribution in [3.05, 3.63) is 46.8 Å². The fourth-order valence-corrected chi connectivity index (χ4v) is 4.89. The molecule has 9 nitrogen and oxygen atoms in total. The maximum atomic E-state index is 15.1. The summed E-state index contributed by atoms with van der Waals surface area (Å²) in [5, 5.41) is 13.3. The first-order valence-electron chi connectivity index (χ1n) is 11.5.